The fourth-order valence-corrected chi connectivity index (χ4v) is 4.54. The van der Waals surface area contributed by atoms with Crippen LogP contribution in [0.5, 0.6) is 0 Å². The van der Waals surface area contributed by atoms with Crippen LogP contribution in [-0.4, -0.2) is 32.7 Å². The molecule has 0 saturated heterocycles. The Labute approximate surface area is 137 Å². The average molecular weight is 345 g/mol. The number of amides is 1. The maximum absolute atomic E-state index is 12.7. The first-order chi connectivity index (χ1) is 9.98. The zero-order valence-electron chi connectivity index (χ0n) is 13.9. The molecular weight excluding hydrogens is 320 g/mol. The second kappa shape index (κ2) is 7.02. The van der Waals surface area contributed by atoms with Crippen molar-refractivity contribution in [2.24, 2.45) is 0 Å². The largest absolute Gasteiger partial charge is 0.316 e. The summed E-state index contributed by atoms with van der Waals surface area (Å²) in [7, 11) is -2.04. The zero-order valence-corrected chi connectivity index (χ0v) is 15.6. The van der Waals surface area contributed by atoms with Crippen molar-refractivity contribution in [1.82, 2.24) is 4.72 Å². The second-order valence-corrected chi connectivity index (χ2v) is 8.95. The van der Waals surface area contributed by atoms with Crippen LogP contribution >= 0.6 is 11.8 Å². The summed E-state index contributed by atoms with van der Waals surface area (Å²) in [6, 6.07) is 5.06. The lowest BCUT2D eigenvalue weighted by Crippen LogP contribution is -2.40. The van der Waals surface area contributed by atoms with E-state index in [0.717, 1.165) is 5.75 Å². The first-order valence-corrected chi connectivity index (χ1v) is 9.50. The molecule has 0 aliphatic carbocycles. The van der Waals surface area contributed by atoms with E-state index >= 15 is 0 Å². The number of hydrogen-bond acceptors (Lipinski definition) is 4. The summed E-state index contributed by atoms with van der Waals surface area (Å²) < 4.78 is 28.0. The van der Waals surface area contributed by atoms with Crippen molar-refractivity contribution in [3.8, 4) is 0 Å². The van der Waals surface area contributed by atoms with Gasteiger partial charge in [0.15, 0.2) is 0 Å². The van der Waals surface area contributed by atoms with Gasteiger partial charge in [-0.3, -0.25) is 4.79 Å². The van der Waals surface area contributed by atoms with E-state index in [9.17, 15) is 13.2 Å². The molecule has 1 aromatic rings. The molecule has 0 aliphatic rings. The highest BCUT2D eigenvalue weighted by Gasteiger charge is 2.25. The van der Waals surface area contributed by atoms with Crippen LogP contribution in [0.25, 0.3) is 0 Å². The topological polar surface area (TPSA) is 66.5 Å². The lowest BCUT2D eigenvalue weighted by atomic mass is 10.1. The highest BCUT2D eigenvalue weighted by Crippen LogP contribution is 2.31. The molecule has 124 valence electrons. The third kappa shape index (κ3) is 5.00. The number of benzene rings is 1. The van der Waals surface area contributed by atoms with Crippen molar-refractivity contribution in [2.75, 3.05) is 17.7 Å². The Kier molecular flexibility index (Phi) is 6.06. The molecular formula is C15H24N2O3S2. The van der Waals surface area contributed by atoms with E-state index in [-0.39, 0.29) is 10.8 Å². The number of nitrogens with one attached hydrogen (secondary N) is 1. The summed E-state index contributed by atoms with van der Waals surface area (Å²) in [5, 5.41) is 0. The van der Waals surface area contributed by atoms with Gasteiger partial charge in [-0.15, -0.1) is 11.8 Å². The Morgan fingerprint density at radius 2 is 1.91 bits per heavy atom. The Bertz CT molecular complexity index is 649. The molecule has 1 rings (SSSR count). The van der Waals surface area contributed by atoms with Crippen LogP contribution in [0.4, 0.5) is 5.69 Å². The van der Waals surface area contributed by atoms with Gasteiger partial charge in [-0.05, 0) is 44.7 Å². The molecule has 0 unspecified atom stereocenters. The molecule has 0 aromatic heterocycles. The Morgan fingerprint density at radius 3 is 2.36 bits per heavy atom. The van der Waals surface area contributed by atoms with Gasteiger partial charge in [0.2, 0.25) is 15.9 Å². The van der Waals surface area contributed by atoms with Crippen LogP contribution in [0.15, 0.2) is 28.0 Å². The molecule has 7 heteroatoms. The normalized spacial score (nSPS) is 12.3. The Balaban J connectivity index is 3.41. The van der Waals surface area contributed by atoms with Crippen LogP contribution in [0, 0.1) is 0 Å². The van der Waals surface area contributed by atoms with E-state index in [1.807, 2.05) is 6.92 Å². The maximum atomic E-state index is 12.7. The molecule has 0 bridgehead atoms. The molecule has 1 aromatic carbocycles. The highest BCUT2D eigenvalue weighted by molar-refractivity contribution is 8.00. The predicted molar refractivity (Wildman–Crippen MR) is 92.0 cm³/mol. The van der Waals surface area contributed by atoms with Gasteiger partial charge in [-0.2, -0.15) is 0 Å². The smallest absolute Gasteiger partial charge is 0.242 e. The molecule has 1 N–H and O–H groups in total. The molecule has 0 fully saturated rings. The summed E-state index contributed by atoms with van der Waals surface area (Å²) in [4.78, 5) is 13.8. The van der Waals surface area contributed by atoms with E-state index in [4.69, 9.17) is 0 Å². The Hall–Kier alpha value is -1.05. The molecule has 0 saturated carbocycles. The first-order valence-electron chi connectivity index (χ1n) is 7.03. The van der Waals surface area contributed by atoms with E-state index in [2.05, 4.69) is 4.72 Å². The van der Waals surface area contributed by atoms with E-state index in [1.54, 1.807) is 46.0 Å². The number of sulfonamides is 1. The molecule has 5 nitrogen and oxygen atoms in total. The van der Waals surface area contributed by atoms with Crippen molar-refractivity contribution in [3.05, 3.63) is 18.2 Å². The maximum Gasteiger partial charge on any atom is 0.242 e. The minimum atomic E-state index is -3.66. The second-order valence-electron chi connectivity index (χ2n) is 6.00. The van der Waals surface area contributed by atoms with Crippen LogP contribution < -0.4 is 9.62 Å². The number of thioether (sulfide) groups is 1. The third-order valence-corrected chi connectivity index (χ3v) is 5.70. The number of hydrogen-bond donors (Lipinski definition) is 1. The fourth-order valence-electron chi connectivity index (χ4n) is 1.83. The van der Waals surface area contributed by atoms with Crippen molar-refractivity contribution in [2.45, 2.75) is 49.9 Å². The zero-order chi connectivity index (χ0) is 17.1. The fraction of sp³-hybridized carbons (Fsp3) is 0.533. The van der Waals surface area contributed by atoms with Gasteiger partial charge < -0.3 is 4.90 Å². The van der Waals surface area contributed by atoms with Gasteiger partial charge in [0.1, 0.15) is 0 Å². The van der Waals surface area contributed by atoms with Crippen LogP contribution in [-0.2, 0) is 14.8 Å². The molecule has 0 aliphatic heterocycles. The number of anilines is 1. The molecule has 0 atom stereocenters. The number of nitrogens with zero attached hydrogens (tertiary/aromatic N) is 1. The minimum Gasteiger partial charge on any atom is -0.316 e. The number of rotatable bonds is 5. The molecule has 22 heavy (non-hydrogen) atoms. The van der Waals surface area contributed by atoms with Gasteiger partial charge in [-0.1, -0.05) is 6.92 Å². The molecule has 0 heterocycles. The summed E-state index contributed by atoms with van der Waals surface area (Å²) in [5.41, 5.74) is -0.0163. The third-order valence-electron chi connectivity index (χ3n) is 2.82. The van der Waals surface area contributed by atoms with E-state index < -0.39 is 15.6 Å². The van der Waals surface area contributed by atoms with Crippen molar-refractivity contribution < 1.29 is 13.2 Å². The molecule has 1 amide bonds. The highest BCUT2D eigenvalue weighted by atomic mass is 32.2. The summed E-state index contributed by atoms with van der Waals surface area (Å²) in [6.07, 6.45) is 0. The van der Waals surface area contributed by atoms with Gasteiger partial charge in [-0.25, -0.2) is 13.1 Å². The number of carbonyl (C=O) groups excluding carboxylic acids is 1. The summed E-state index contributed by atoms with van der Waals surface area (Å²) in [5.74, 6) is 0.614. The average Bonchev–Trinajstić information content (AvgIpc) is 2.35. The SMILES string of the molecule is CCSc1ccc(N(C)C(C)=O)cc1S(=O)(=O)NC(C)(C)C. The van der Waals surface area contributed by atoms with Gasteiger partial charge in [0.05, 0.1) is 4.90 Å². The number of carbonyl (C=O) groups is 1. The van der Waals surface area contributed by atoms with Gasteiger partial charge in [0, 0.05) is 30.1 Å². The monoisotopic (exact) mass is 344 g/mol. The van der Waals surface area contributed by atoms with E-state index in [1.165, 1.54) is 23.6 Å². The van der Waals surface area contributed by atoms with Crippen molar-refractivity contribution in [3.63, 3.8) is 0 Å². The van der Waals surface area contributed by atoms with Gasteiger partial charge in [0.25, 0.3) is 0 Å². The lowest BCUT2D eigenvalue weighted by molar-refractivity contribution is -0.116. The quantitative estimate of drug-likeness (QED) is 0.834. The molecule has 0 radical (unpaired) electrons. The minimum absolute atomic E-state index is 0.150. The lowest BCUT2D eigenvalue weighted by Gasteiger charge is -2.23. The van der Waals surface area contributed by atoms with Crippen molar-refractivity contribution >= 4 is 33.4 Å². The summed E-state index contributed by atoms with van der Waals surface area (Å²) >= 11 is 1.46. The van der Waals surface area contributed by atoms with Gasteiger partial charge >= 0.3 is 0 Å². The van der Waals surface area contributed by atoms with Crippen LogP contribution in [0.3, 0.4) is 0 Å². The van der Waals surface area contributed by atoms with Crippen molar-refractivity contribution in [1.29, 1.82) is 0 Å². The predicted octanol–water partition coefficient (Wildman–Crippen LogP) is 2.86. The molecule has 0 spiro atoms. The van der Waals surface area contributed by atoms with Crippen LogP contribution in [0.2, 0.25) is 0 Å². The standard InChI is InChI=1S/C15H24N2O3S2/c1-7-21-13-9-8-12(17(6)11(2)18)10-14(13)22(19,20)16-15(3,4)5/h8-10,16H,7H2,1-6H3. The Morgan fingerprint density at radius 1 is 1.32 bits per heavy atom. The first kappa shape index (κ1) is 19.0. The summed E-state index contributed by atoms with van der Waals surface area (Å²) in [6.45, 7) is 8.79. The van der Waals surface area contributed by atoms with E-state index in [0.29, 0.717) is 10.6 Å². The van der Waals surface area contributed by atoms with Crippen LogP contribution in [0.1, 0.15) is 34.6 Å².